The van der Waals surface area contributed by atoms with E-state index in [4.69, 9.17) is 11.6 Å². The SMILES string of the molecule is CCn1c(C#CN/C(C)=C/C=C(\C)Cl)cc2cc(CN3CCC(N(C)C)CC3)ccc21. The minimum absolute atomic E-state index is 0.723. The lowest BCUT2D eigenvalue weighted by Crippen LogP contribution is -2.41. The Kier molecular flexibility index (Phi) is 8.26. The summed E-state index contributed by atoms with van der Waals surface area (Å²) in [5.74, 6) is 3.28. The summed E-state index contributed by atoms with van der Waals surface area (Å²) in [6.07, 6.45) is 6.30. The average Bonchev–Trinajstić information content (AvgIpc) is 3.09. The second-order valence-electron chi connectivity index (χ2n) is 8.62. The number of allylic oxidation sites excluding steroid dienone is 4. The van der Waals surface area contributed by atoms with E-state index in [0.29, 0.717) is 0 Å². The number of rotatable bonds is 6. The molecular formula is C26H35ClN4. The van der Waals surface area contributed by atoms with Crippen LogP contribution in [0.2, 0.25) is 0 Å². The standard InChI is InChI=1S/C26H35ClN4/c1-6-31-25(11-14-28-21(3)8-7-20(2)27)18-23-17-22(9-10-26(23)31)19-30-15-12-24(13-16-30)29(4)5/h7-10,17-18,24,28H,6,12-13,15-16,19H2,1-5H3/b20-7+,21-8+. The molecule has 1 aliphatic rings. The minimum Gasteiger partial charge on any atom is -0.334 e. The summed E-state index contributed by atoms with van der Waals surface area (Å²) in [5, 5.41) is 5.14. The molecule has 0 amide bonds. The number of aryl methyl sites for hydroxylation is 1. The molecule has 0 unspecified atom stereocenters. The van der Waals surface area contributed by atoms with Crippen molar-refractivity contribution >= 4 is 22.5 Å². The maximum Gasteiger partial charge on any atom is 0.0949 e. The van der Waals surface area contributed by atoms with Crippen LogP contribution in [0, 0.1) is 12.0 Å². The highest BCUT2D eigenvalue weighted by molar-refractivity contribution is 6.29. The summed E-state index contributed by atoms with van der Waals surface area (Å²) in [5.41, 5.74) is 4.62. The molecule has 166 valence electrons. The summed E-state index contributed by atoms with van der Waals surface area (Å²) in [4.78, 5) is 4.94. The molecule has 1 aromatic carbocycles. The van der Waals surface area contributed by atoms with Crippen LogP contribution in [0.15, 0.2) is 47.1 Å². The van der Waals surface area contributed by atoms with Gasteiger partial charge in [-0.25, -0.2) is 0 Å². The van der Waals surface area contributed by atoms with Crippen molar-refractivity contribution in [2.24, 2.45) is 0 Å². The number of halogens is 1. The Balaban J connectivity index is 1.72. The maximum absolute atomic E-state index is 5.87. The van der Waals surface area contributed by atoms with E-state index in [2.05, 4.69) is 76.9 Å². The van der Waals surface area contributed by atoms with Crippen molar-refractivity contribution < 1.29 is 0 Å². The van der Waals surface area contributed by atoms with Crippen molar-refractivity contribution in [3.63, 3.8) is 0 Å². The number of hydrogen-bond acceptors (Lipinski definition) is 3. The van der Waals surface area contributed by atoms with E-state index in [-0.39, 0.29) is 0 Å². The first-order chi connectivity index (χ1) is 14.9. The highest BCUT2D eigenvalue weighted by Gasteiger charge is 2.20. The molecule has 1 N–H and O–H groups in total. The lowest BCUT2D eigenvalue weighted by molar-refractivity contribution is 0.140. The number of hydrogen-bond donors (Lipinski definition) is 1. The van der Waals surface area contributed by atoms with Gasteiger partial charge in [-0.15, -0.1) is 0 Å². The van der Waals surface area contributed by atoms with E-state index in [9.17, 15) is 0 Å². The Morgan fingerprint density at radius 3 is 2.58 bits per heavy atom. The predicted octanol–water partition coefficient (Wildman–Crippen LogP) is 5.13. The smallest absolute Gasteiger partial charge is 0.0949 e. The van der Waals surface area contributed by atoms with E-state index >= 15 is 0 Å². The normalized spacial score (nSPS) is 16.6. The Labute approximate surface area is 192 Å². The van der Waals surface area contributed by atoms with Crippen LogP contribution < -0.4 is 5.32 Å². The monoisotopic (exact) mass is 438 g/mol. The molecular weight excluding hydrogens is 404 g/mol. The van der Waals surface area contributed by atoms with Crippen molar-refractivity contribution in [1.29, 1.82) is 0 Å². The van der Waals surface area contributed by atoms with E-state index in [1.54, 1.807) is 0 Å². The highest BCUT2D eigenvalue weighted by atomic mass is 35.5. The van der Waals surface area contributed by atoms with Gasteiger partial charge in [-0.1, -0.05) is 17.7 Å². The maximum atomic E-state index is 5.87. The van der Waals surface area contributed by atoms with Crippen molar-refractivity contribution in [1.82, 2.24) is 19.7 Å². The molecule has 1 aromatic heterocycles. The Morgan fingerprint density at radius 2 is 1.94 bits per heavy atom. The first-order valence-electron chi connectivity index (χ1n) is 11.2. The number of benzene rings is 1. The quantitative estimate of drug-likeness (QED) is 0.384. The zero-order valence-corrected chi connectivity index (χ0v) is 20.3. The second-order valence-corrected chi connectivity index (χ2v) is 9.21. The van der Waals surface area contributed by atoms with Crippen LogP contribution in [0.1, 0.15) is 44.9 Å². The number of fused-ring (bicyclic) bond motifs is 1. The van der Waals surface area contributed by atoms with Crippen molar-refractivity contribution in [2.45, 2.75) is 52.7 Å². The van der Waals surface area contributed by atoms with Gasteiger partial charge in [0.2, 0.25) is 0 Å². The van der Waals surface area contributed by atoms with Gasteiger partial charge >= 0.3 is 0 Å². The second kappa shape index (κ2) is 10.9. The van der Waals surface area contributed by atoms with E-state index < -0.39 is 0 Å². The number of aromatic nitrogens is 1. The first-order valence-corrected chi connectivity index (χ1v) is 11.5. The zero-order valence-electron chi connectivity index (χ0n) is 19.5. The fraction of sp³-hybridized carbons (Fsp3) is 0.462. The van der Waals surface area contributed by atoms with Gasteiger partial charge in [0.25, 0.3) is 0 Å². The lowest BCUT2D eigenvalue weighted by atomic mass is 10.0. The third kappa shape index (κ3) is 6.40. The molecule has 3 rings (SSSR count). The molecule has 1 aliphatic heterocycles. The molecule has 2 heterocycles. The summed E-state index contributed by atoms with van der Waals surface area (Å²) in [7, 11) is 4.39. The molecule has 0 bridgehead atoms. The molecule has 0 radical (unpaired) electrons. The summed E-state index contributed by atoms with van der Waals surface area (Å²) in [6, 6.07) is 12.9. The molecule has 0 atom stereocenters. The van der Waals surface area contributed by atoms with Crippen molar-refractivity contribution in [2.75, 3.05) is 27.2 Å². The Hall–Kier alpha value is -2.19. The van der Waals surface area contributed by atoms with Crippen LogP contribution in [0.25, 0.3) is 10.9 Å². The molecule has 0 spiro atoms. The molecule has 4 nitrogen and oxygen atoms in total. The molecule has 5 heteroatoms. The number of nitrogens with one attached hydrogen (secondary N) is 1. The van der Waals surface area contributed by atoms with Crippen molar-refractivity contribution in [3.8, 4) is 12.0 Å². The fourth-order valence-electron chi connectivity index (χ4n) is 4.19. The van der Waals surface area contributed by atoms with Crippen LogP contribution in [0.5, 0.6) is 0 Å². The minimum atomic E-state index is 0.723. The summed E-state index contributed by atoms with van der Waals surface area (Å²) >= 11 is 5.87. The molecule has 0 aliphatic carbocycles. The summed E-state index contributed by atoms with van der Waals surface area (Å²) in [6.45, 7) is 10.3. The van der Waals surface area contributed by atoms with Crippen LogP contribution in [-0.4, -0.2) is 47.6 Å². The molecule has 1 saturated heterocycles. The largest absolute Gasteiger partial charge is 0.334 e. The average molecular weight is 439 g/mol. The van der Waals surface area contributed by atoms with Crippen LogP contribution >= 0.6 is 11.6 Å². The van der Waals surface area contributed by atoms with Crippen LogP contribution in [0.3, 0.4) is 0 Å². The topological polar surface area (TPSA) is 23.4 Å². The van der Waals surface area contributed by atoms with Gasteiger partial charge in [0.15, 0.2) is 0 Å². The third-order valence-electron chi connectivity index (χ3n) is 5.99. The zero-order chi connectivity index (χ0) is 22.4. The third-order valence-corrected chi connectivity index (χ3v) is 6.11. The predicted molar refractivity (Wildman–Crippen MR) is 133 cm³/mol. The Morgan fingerprint density at radius 1 is 1.19 bits per heavy atom. The van der Waals surface area contributed by atoms with Crippen LogP contribution in [0.4, 0.5) is 0 Å². The van der Waals surface area contributed by atoms with Crippen LogP contribution in [-0.2, 0) is 13.1 Å². The Bertz CT molecular complexity index is 1010. The van der Waals surface area contributed by atoms with Crippen molar-refractivity contribution in [3.05, 3.63) is 58.4 Å². The van der Waals surface area contributed by atoms with Gasteiger partial charge in [0, 0.05) is 46.8 Å². The number of piperidine rings is 1. The van der Waals surface area contributed by atoms with E-state index in [1.165, 1.54) is 42.4 Å². The molecule has 31 heavy (non-hydrogen) atoms. The van der Waals surface area contributed by atoms with Gasteiger partial charge in [0.1, 0.15) is 0 Å². The van der Waals surface area contributed by atoms with E-state index in [1.807, 2.05) is 26.0 Å². The first kappa shape index (κ1) is 23.5. The molecule has 0 saturated carbocycles. The fourth-order valence-corrected chi connectivity index (χ4v) is 4.25. The van der Waals surface area contributed by atoms with Gasteiger partial charge in [-0.05, 0) is 103 Å². The van der Waals surface area contributed by atoms with Gasteiger partial charge in [-0.2, -0.15) is 0 Å². The van der Waals surface area contributed by atoms with Gasteiger partial charge in [-0.3, -0.25) is 4.90 Å². The lowest BCUT2D eigenvalue weighted by Gasteiger charge is -2.35. The number of nitrogens with zero attached hydrogens (tertiary/aromatic N) is 3. The summed E-state index contributed by atoms with van der Waals surface area (Å²) < 4.78 is 2.28. The molecule has 2 aromatic rings. The number of likely N-dealkylation sites (tertiary alicyclic amines) is 1. The molecule has 1 fully saturated rings. The van der Waals surface area contributed by atoms with E-state index in [0.717, 1.165) is 35.6 Å². The van der Waals surface area contributed by atoms with Gasteiger partial charge < -0.3 is 14.8 Å². The van der Waals surface area contributed by atoms with Gasteiger partial charge in [0.05, 0.1) is 5.69 Å². The highest BCUT2D eigenvalue weighted by Crippen LogP contribution is 2.23.